The molecule has 1 aromatic rings. The molecule has 7 heteroatoms. The molecule has 2 atom stereocenters. The predicted molar refractivity (Wildman–Crippen MR) is 77.3 cm³/mol. The second kappa shape index (κ2) is 6.51. The van der Waals surface area contributed by atoms with Crippen molar-refractivity contribution in [2.75, 3.05) is 0 Å². The zero-order chi connectivity index (χ0) is 16.3. The Morgan fingerprint density at radius 3 is 2.43 bits per heavy atom. The molecule has 0 aliphatic heterocycles. The minimum Gasteiger partial charge on any atom is -0.480 e. The molecular formula is C14H21N3O4. The molecule has 0 aromatic carbocycles. The summed E-state index contributed by atoms with van der Waals surface area (Å²) in [6.45, 7) is 6.89. The number of hydrogen-bond acceptors (Lipinski definition) is 4. The number of amides is 1. The molecule has 7 nitrogen and oxygen atoms in total. The van der Waals surface area contributed by atoms with Crippen molar-refractivity contribution in [3.05, 3.63) is 27.2 Å². The molecule has 1 amide bonds. The van der Waals surface area contributed by atoms with Gasteiger partial charge in [0.25, 0.3) is 11.5 Å². The Morgan fingerprint density at radius 2 is 1.95 bits per heavy atom. The van der Waals surface area contributed by atoms with Crippen molar-refractivity contribution in [3.8, 4) is 0 Å². The lowest BCUT2D eigenvalue weighted by atomic mass is 9.98. The molecule has 0 spiro atoms. The fourth-order valence-electron chi connectivity index (χ4n) is 2.01. The van der Waals surface area contributed by atoms with Gasteiger partial charge in [-0.15, -0.1) is 0 Å². The Bertz CT molecular complexity index is 621. The number of rotatable bonds is 5. The van der Waals surface area contributed by atoms with Crippen molar-refractivity contribution in [1.82, 2.24) is 15.1 Å². The third-order valence-corrected chi connectivity index (χ3v) is 3.72. The van der Waals surface area contributed by atoms with Crippen LogP contribution in [-0.4, -0.2) is 32.8 Å². The Labute approximate surface area is 123 Å². The van der Waals surface area contributed by atoms with E-state index in [1.807, 2.05) is 6.92 Å². The second-order valence-electron chi connectivity index (χ2n) is 5.19. The number of aliphatic carboxylic acids is 1. The van der Waals surface area contributed by atoms with E-state index in [-0.39, 0.29) is 11.5 Å². The van der Waals surface area contributed by atoms with Crippen molar-refractivity contribution in [2.24, 2.45) is 13.0 Å². The van der Waals surface area contributed by atoms with Gasteiger partial charge < -0.3 is 10.4 Å². The van der Waals surface area contributed by atoms with E-state index in [1.54, 1.807) is 20.8 Å². The molecule has 1 heterocycles. The van der Waals surface area contributed by atoms with Crippen LogP contribution in [0.2, 0.25) is 0 Å². The molecule has 0 bridgehead atoms. The van der Waals surface area contributed by atoms with Crippen LogP contribution in [0.1, 0.15) is 41.9 Å². The molecule has 0 unspecified atom stereocenters. The van der Waals surface area contributed by atoms with Crippen LogP contribution in [0, 0.1) is 19.8 Å². The highest BCUT2D eigenvalue weighted by atomic mass is 16.4. The van der Waals surface area contributed by atoms with Gasteiger partial charge in [-0.05, 0) is 25.3 Å². The van der Waals surface area contributed by atoms with Crippen LogP contribution < -0.4 is 10.9 Å². The summed E-state index contributed by atoms with van der Waals surface area (Å²) in [5, 5.41) is 15.6. The SMILES string of the molecule is CC[C@H](C)[C@H](NC(=O)c1c(C)c(C)nn(C)c1=O)C(=O)O. The van der Waals surface area contributed by atoms with E-state index in [0.29, 0.717) is 17.7 Å². The summed E-state index contributed by atoms with van der Waals surface area (Å²) in [6, 6.07) is -1.03. The average Bonchev–Trinajstić information content (AvgIpc) is 2.41. The van der Waals surface area contributed by atoms with Crippen LogP contribution in [0.5, 0.6) is 0 Å². The first kappa shape index (κ1) is 16.9. The number of aromatic nitrogens is 2. The Hall–Kier alpha value is -2.18. The smallest absolute Gasteiger partial charge is 0.326 e. The van der Waals surface area contributed by atoms with Crippen LogP contribution in [0.25, 0.3) is 0 Å². The van der Waals surface area contributed by atoms with Crippen molar-refractivity contribution < 1.29 is 14.7 Å². The number of carboxylic acids is 1. The topological polar surface area (TPSA) is 101 Å². The highest BCUT2D eigenvalue weighted by molar-refractivity contribution is 5.97. The van der Waals surface area contributed by atoms with Crippen LogP contribution in [0.4, 0.5) is 0 Å². The quantitative estimate of drug-likeness (QED) is 0.829. The van der Waals surface area contributed by atoms with Gasteiger partial charge in [-0.2, -0.15) is 5.10 Å². The van der Waals surface area contributed by atoms with Gasteiger partial charge in [0.05, 0.1) is 5.69 Å². The minimum absolute atomic E-state index is 0.0560. The fraction of sp³-hybridized carbons (Fsp3) is 0.571. The van der Waals surface area contributed by atoms with E-state index in [2.05, 4.69) is 10.4 Å². The number of carbonyl (C=O) groups excluding carboxylic acids is 1. The molecule has 0 saturated heterocycles. The van der Waals surface area contributed by atoms with Crippen LogP contribution in [0.15, 0.2) is 4.79 Å². The zero-order valence-corrected chi connectivity index (χ0v) is 12.9. The fourth-order valence-corrected chi connectivity index (χ4v) is 2.01. The van der Waals surface area contributed by atoms with Gasteiger partial charge in [-0.1, -0.05) is 20.3 Å². The van der Waals surface area contributed by atoms with E-state index < -0.39 is 23.5 Å². The number of aryl methyl sites for hydroxylation is 2. The normalized spacial score (nSPS) is 13.6. The van der Waals surface area contributed by atoms with Crippen molar-refractivity contribution in [2.45, 2.75) is 40.2 Å². The van der Waals surface area contributed by atoms with Crippen LogP contribution in [0.3, 0.4) is 0 Å². The summed E-state index contributed by atoms with van der Waals surface area (Å²) >= 11 is 0. The predicted octanol–water partition coefficient (Wildman–Crippen LogP) is 0.626. The molecule has 1 aromatic heterocycles. The van der Waals surface area contributed by atoms with Crippen LogP contribution in [-0.2, 0) is 11.8 Å². The third-order valence-electron chi connectivity index (χ3n) is 3.72. The lowest BCUT2D eigenvalue weighted by Crippen LogP contribution is -2.47. The highest BCUT2D eigenvalue weighted by Crippen LogP contribution is 2.11. The average molecular weight is 295 g/mol. The first-order valence-corrected chi connectivity index (χ1v) is 6.78. The maximum atomic E-state index is 12.3. The largest absolute Gasteiger partial charge is 0.480 e. The molecule has 0 aliphatic carbocycles. The molecular weight excluding hydrogens is 274 g/mol. The van der Waals surface area contributed by atoms with Gasteiger partial charge in [-0.3, -0.25) is 9.59 Å². The van der Waals surface area contributed by atoms with E-state index in [1.165, 1.54) is 7.05 Å². The Morgan fingerprint density at radius 1 is 1.38 bits per heavy atom. The standard InChI is InChI=1S/C14H21N3O4/c1-6-7(2)11(14(20)21)15-12(18)10-8(3)9(4)16-17(5)13(10)19/h7,11H,6H2,1-5H3,(H,15,18)(H,20,21)/t7-,11-/m0/s1. The molecule has 0 saturated carbocycles. The third kappa shape index (κ3) is 3.48. The zero-order valence-electron chi connectivity index (χ0n) is 12.9. The Balaban J connectivity index is 3.21. The molecule has 2 N–H and O–H groups in total. The van der Waals surface area contributed by atoms with Crippen molar-refractivity contribution >= 4 is 11.9 Å². The van der Waals surface area contributed by atoms with Gasteiger partial charge in [0.15, 0.2) is 0 Å². The minimum atomic E-state index is -1.11. The van der Waals surface area contributed by atoms with Gasteiger partial charge in [0, 0.05) is 7.05 Å². The second-order valence-corrected chi connectivity index (χ2v) is 5.19. The molecule has 0 fully saturated rings. The summed E-state index contributed by atoms with van der Waals surface area (Å²) in [5.41, 5.74) is 0.421. The Kier molecular flexibility index (Phi) is 5.23. The summed E-state index contributed by atoms with van der Waals surface area (Å²) in [7, 11) is 1.45. The summed E-state index contributed by atoms with van der Waals surface area (Å²) in [5.74, 6) is -2.03. The van der Waals surface area contributed by atoms with E-state index in [4.69, 9.17) is 0 Å². The summed E-state index contributed by atoms with van der Waals surface area (Å²) in [4.78, 5) is 35.6. The van der Waals surface area contributed by atoms with Gasteiger partial charge in [-0.25, -0.2) is 9.48 Å². The maximum Gasteiger partial charge on any atom is 0.326 e. The first-order valence-electron chi connectivity index (χ1n) is 6.78. The number of nitrogens with zero attached hydrogens (tertiary/aromatic N) is 2. The summed E-state index contributed by atoms with van der Waals surface area (Å²) < 4.78 is 1.08. The molecule has 21 heavy (non-hydrogen) atoms. The number of carbonyl (C=O) groups is 2. The summed E-state index contributed by atoms with van der Waals surface area (Å²) in [6.07, 6.45) is 0.601. The monoisotopic (exact) mass is 295 g/mol. The van der Waals surface area contributed by atoms with Crippen LogP contribution >= 0.6 is 0 Å². The van der Waals surface area contributed by atoms with Crippen molar-refractivity contribution in [3.63, 3.8) is 0 Å². The van der Waals surface area contributed by atoms with Gasteiger partial charge in [0.2, 0.25) is 0 Å². The lowest BCUT2D eigenvalue weighted by molar-refractivity contribution is -0.140. The van der Waals surface area contributed by atoms with E-state index in [0.717, 1.165) is 4.68 Å². The maximum absolute atomic E-state index is 12.3. The first-order chi connectivity index (χ1) is 9.70. The van der Waals surface area contributed by atoms with Gasteiger partial charge in [0.1, 0.15) is 11.6 Å². The number of carboxylic acid groups (broad SMARTS) is 1. The van der Waals surface area contributed by atoms with E-state index >= 15 is 0 Å². The molecule has 1 rings (SSSR count). The molecule has 0 aliphatic rings. The molecule has 0 radical (unpaired) electrons. The van der Waals surface area contributed by atoms with E-state index in [9.17, 15) is 19.5 Å². The van der Waals surface area contributed by atoms with Crippen molar-refractivity contribution in [1.29, 1.82) is 0 Å². The van der Waals surface area contributed by atoms with Gasteiger partial charge >= 0.3 is 5.97 Å². The highest BCUT2D eigenvalue weighted by Gasteiger charge is 2.28. The number of hydrogen-bond donors (Lipinski definition) is 2. The number of nitrogens with one attached hydrogen (secondary N) is 1. The lowest BCUT2D eigenvalue weighted by Gasteiger charge is -2.20. The molecule has 116 valence electrons.